The maximum absolute atomic E-state index is 15.1. The first kappa shape index (κ1) is 44.7. The highest BCUT2D eigenvalue weighted by Gasteiger charge is 2.63. The first-order valence-corrected chi connectivity index (χ1v) is 25.2. The van der Waals surface area contributed by atoms with Gasteiger partial charge in [-0.05, 0) is 88.7 Å². The van der Waals surface area contributed by atoms with Crippen molar-refractivity contribution < 1.29 is 46.5 Å². The quantitative estimate of drug-likeness (QED) is 0.267. The summed E-state index contributed by atoms with van der Waals surface area (Å²) in [6, 6.07) is 5.74. The molecule has 1 aromatic heterocycles. The maximum atomic E-state index is 15.1. The van der Waals surface area contributed by atoms with E-state index in [9.17, 15) is 22.8 Å². The third-order valence-corrected chi connectivity index (χ3v) is 17.1. The second-order valence-corrected chi connectivity index (χ2v) is 21.7. The average Bonchev–Trinajstić information content (AvgIpc) is 4.25. The van der Waals surface area contributed by atoms with Crippen molar-refractivity contribution in [2.75, 3.05) is 46.0 Å². The van der Waals surface area contributed by atoms with Crippen LogP contribution in [-0.4, -0.2) is 128 Å². The summed E-state index contributed by atoms with van der Waals surface area (Å²) in [5.74, 6) is -1.22. The molecule has 4 heterocycles. The van der Waals surface area contributed by atoms with Crippen LogP contribution in [0.4, 0.5) is 4.79 Å². The van der Waals surface area contributed by atoms with Crippen molar-refractivity contribution in [2.45, 2.75) is 138 Å². The number of morpholine rings is 1. The van der Waals surface area contributed by atoms with E-state index in [1.165, 1.54) is 4.90 Å². The van der Waals surface area contributed by atoms with Crippen LogP contribution in [0.15, 0.2) is 36.9 Å². The van der Waals surface area contributed by atoms with Gasteiger partial charge in [0.25, 0.3) is 5.91 Å². The number of fused-ring (bicyclic) bond motifs is 5. The second kappa shape index (κ2) is 18.4. The number of benzene rings is 1. The lowest BCUT2D eigenvalue weighted by Gasteiger charge is -2.34. The number of carbonyl (C=O) groups is 4. The number of sulfonamides is 1. The summed E-state index contributed by atoms with van der Waals surface area (Å²) in [5, 5.41) is 6.74. The Morgan fingerprint density at radius 1 is 1.00 bits per heavy atom. The van der Waals surface area contributed by atoms with Crippen molar-refractivity contribution in [2.24, 2.45) is 17.8 Å². The van der Waals surface area contributed by atoms with E-state index < -0.39 is 68.2 Å². The van der Waals surface area contributed by atoms with Crippen LogP contribution in [0.1, 0.15) is 102 Å². The second-order valence-electron chi connectivity index (χ2n) is 19.5. The normalized spacial score (nSPS) is 31.1. The third-order valence-electron chi connectivity index (χ3n) is 14.9. The van der Waals surface area contributed by atoms with Gasteiger partial charge >= 0.3 is 6.09 Å². The average molecular weight is 905 g/mol. The third kappa shape index (κ3) is 9.44. The van der Waals surface area contributed by atoms with E-state index in [4.69, 9.17) is 23.9 Å². The van der Waals surface area contributed by atoms with Crippen LogP contribution in [0, 0.1) is 17.8 Å². The van der Waals surface area contributed by atoms with Gasteiger partial charge in [-0.3, -0.25) is 24.0 Å². The molecule has 7 aliphatic rings. The molecular weight excluding hydrogens is 841 g/mol. The molecule has 0 unspecified atom stereocenters. The van der Waals surface area contributed by atoms with Gasteiger partial charge in [-0.25, -0.2) is 18.2 Å². The van der Waals surface area contributed by atoms with Crippen LogP contribution >= 0.6 is 0 Å². The fourth-order valence-electron chi connectivity index (χ4n) is 10.3. The first-order valence-electron chi connectivity index (χ1n) is 23.7. The molecule has 3 aliphatic heterocycles. The molecule has 3 N–H and O–H groups in total. The van der Waals surface area contributed by atoms with E-state index in [-0.39, 0.29) is 37.3 Å². The van der Waals surface area contributed by atoms with Gasteiger partial charge in [0, 0.05) is 37.4 Å². The van der Waals surface area contributed by atoms with E-state index in [0.717, 1.165) is 94.8 Å². The zero-order valence-corrected chi connectivity index (χ0v) is 37.8. The van der Waals surface area contributed by atoms with Gasteiger partial charge in [0.15, 0.2) is 0 Å². The van der Waals surface area contributed by atoms with Crippen LogP contribution in [0.3, 0.4) is 0 Å². The van der Waals surface area contributed by atoms with E-state index in [0.29, 0.717) is 56.2 Å². The largest absolute Gasteiger partial charge is 0.491 e. The van der Waals surface area contributed by atoms with Crippen LogP contribution in [-0.2, 0) is 40.3 Å². The molecule has 4 saturated carbocycles. The van der Waals surface area contributed by atoms with Crippen LogP contribution < -0.4 is 24.8 Å². The molecule has 7 atom stereocenters. The Morgan fingerprint density at radius 3 is 2.47 bits per heavy atom. The summed E-state index contributed by atoms with van der Waals surface area (Å²) in [6.07, 6.45) is 10.4. The molecule has 16 nitrogen and oxygen atoms in total. The molecule has 9 rings (SSSR count). The number of rotatable bonds is 11. The van der Waals surface area contributed by atoms with Crippen molar-refractivity contribution in [3.05, 3.63) is 42.5 Å². The summed E-state index contributed by atoms with van der Waals surface area (Å²) in [7, 11) is -4.01. The molecule has 6 fully saturated rings. The minimum absolute atomic E-state index is 0.000444. The zero-order valence-electron chi connectivity index (χ0n) is 37.0. The Labute approximate surface area is 376 Å². The van der Waals surface area contributed by atoms with Crippen molar-refractivity contribution >= 4 is 44.7 Å². The number of alkyl carbamates (subject to hydrolysis) is 1. The summed E-state index contributed by atoms with van der Waals surface area (Å²) < 4.78 is 52.7. The van der Waals surface area contributed by atoms with E-state index in [1.54, 1.807) is 13.0 Å². The van der Waals surface area contributed by atoms with Gasteiger partial charge in [-0.1, -0.05) is 50.3 Å². The Hall–Kier alpha value is -4.48. The SMILES string of the molecule is C=C[C@@H]1C[C@]1(NC(=O)[C@@H]1C[C@@H]2CN1C(=O)[C@H](C1CCCCC1)NC(=O)O[C@@H]1C[C@H]1CCCCCc1c(nc3ccccc3c1OCCN1CCOCC1)O2)C(=O)NS(=O)(=O)C1(C)CC1. The Kier molecular flexibility index (Phi) is 12.9. The number of carbonyl (C=O) groups excluding carboxylic acids is 4. The Morgan fingerprint density at radius 2 is 1.73 bits per heavy atom. The minimum atomic E-state index is -4.01. The van der Waals surface area contributed by atoms with Gasteiger partial charge in [0.2, 0.25) is 27.7 Å². The Balaban J connectivity index is 1.05. The predicted octanol–water partition coefficient (Wildman–Crippen LogP) is 4.53. The first-order chi connectivity index (χ1) is 30.9. The predicted molar refractivity (Wildman–Crippen MR) is 237 cm³/mol. The van der Waals surface area contributed by atoms with Gasteiger partial charge in [0.1, 0.15) is 42.2 Å². The molecule has 4 amide bonds. The number of pyridine rings is 1. The number of ether oxygens (including phenoxy) is 4. The number of hydrogen-bond acceptors (Lipinski definition) is 12. The monoisotopic (exact) mass is 904 g/mol. The topological polar surface area (TPSA) is 195 Å². The molecule has 64 heavy (non-hydrogen) atoms. The molecule has 4 aliphatic carbocycles. The van der Waals surface area contributed by atoms with Crippen molar-refractivity contribution in [3.63, 3.8) is 0 Å². The Bertz CT molecular complexity index is 2220. The zero-order chi connectivity index (χ0) is 44.6. The highest BCUT2D eigenvalue weighted by Crippen LogP contribution is 2.47. The molecule has 348 valence electrons. The smallest absolute Gasteiger partial charge is 0.408 e. The van der Waals surface area contributed by atoms with Crippen LogP contribution in [0.5, 0.6) is 11.6 Å². The minimum Gasteiger partial charge on any atom is -0.491 e. The van der Waals surface area contributed by atoms with Crippen molar-refractivity contribution in [1.82, 2.24) is 30.1 Å². The molecule has 2 aromatic rings. The lowest BCUT2D eigenvalue weighted by Crippen LogP contribution is -2.59. The number of nitrogens with zero attached hydrogens (tertiary/aromatic N) is 3. The van der Waals surface area contributed by atoms with Gasteiger partial charge in [0.05, 0.1) is 35.6 Å². The standard InChI is InChI=1S/C47H64N6O10S/c1-3-32-28-47(32,44(56)51-64(58,59)46(2)18-19-46)50-41(54)37-27-33-29-53(37)43(55)39(30-12-6-4-7-13-30)49-45(57)63-38-26-31(38)14-8-5-9-16-35-40(61-25-22-52-20-23-60-24-21-52)34-15-10-11-17-36(34)48-42(35)62-33/h3,10-11,15,17,30-33,37-39H,1,4-9,12-14,16,18-29H2,2H3,(H,49,57)(H,50,54)(H,51,56)/t31-,32-,33-,37+,38-,39+,47-/m1/s1. The van der Waals surface area contributed by atoms with Gasteiger partial charge in [-0.2, -0.15) is 0 Å². The number of para-hydroxylation sites is 1. The summed E-state index contributed by atoms with van der Waals surface area (Å²) in [4.78, 5) is 66.2. The fraction of sp³-hybridized carbons (Fsp3) is 0.681. The molecule has 17 heteroatoms. The highest BCUT2D eigenvalue weighted by molar-refractivity contribution is 7.91. The number of aromatic nitrogens is 1. The number of amides is 4. The summed E-state index contributed by atoms with van der Waals surface area (Å²) in [6.45, 7) is 9.68. The molecule has 2 bridgehead atoms. The molecule has 0 radical (unpaired) electrons. The summed E-state index contributed by atoms with van der Waals surface area (Å²) >= 11 is 0. The number of nitrogens with one attached hydrogen (secondary N) is 3. The van der Waals surface area contributed by atoms with E-state index >= 15 is 4.79 Å². The van der Waals surface area contributed by atoms with E-state index in [2.05, 4.69) is 26.8 Å². The van der Waals surface area contributed by atoms with Gasteiger partial charge < -0.3 is 34.5 Å². The summed E-state index contributed by atoms with van der Waals surface area (Å²) in [5.41, 5.74) is -0.0407. The van der Waals surface area contributed by atoms with E-state index in [1.807, 2.05) is 24.3 Å². The van der Waals surface area contributed by atoms with Crippen molar-refractivity contribution in [1.29, 1.82) is 0 Å². The lowest BCUT2D eigenvalue weighted by molar-refractivity contribution is -0.142. The van der Waals surface area contributed by atoms with Crippen molar-refractivity contribution in [3.8, 4) is 11.6 Å². The lowest BCUT2D eigenvalue weighted by atomic mass is 9.83. The van der Waals surface area contributed by atoms with Gasteiger partial charge in [-0.15, -0.1) is 6.58 Å². The molecule has 0 spiro atoms. The maximum Gasteiger partial charge on any atom is 0.408 e. The highest BCUT2D eigenvalue weighted by atomic mass is 32.2. The fourth-order valence-corrected chi connectivity index (χ4v) is 11.6. The van der Waals surface area contributed by atoms with Crippen LogP contribution in [0.25, 0.3) is 10.9 Å². The molecule has 2 saturated heterocycles. The molecular formula is C47H64N6O10S. The van der Waals surface area contributed by atoms with Crippen LogP contribution in [0.2, 0.25) is 0 Å². The number of hydrogen-bond donors (Lipinski definition) is 3. The molecule has 1 aromatic carbocycles.